The molecule has 5 nitrogen and oxygen atoms in total. The van der Waals surface area contributed by atoms with E-state index in [9.17, 15) is 4.79 Å². The average Bonchev–Trinajstić information content (AvgIpc) is 2.58. The van der Waals surface area contributed by atoms with Crippen LogP contribution in [0.1, 0.15) is 43.2 Å². The number of piperidine rings is 1. The van der Waals surface area contributed by atoms with Crippen molar-refractivity contribution in [2.24, 2.45) is 0 Å². The average molecular weight is 329 g/mol. The van der Waals surface area contributed by atoms with Gasteiger partial charge in [-0.2, -0.15) is 0 Å². The summed E-state index contributed by atoms with van der Waals surface area (Å²) in [6, 6.07) is 4.67. The largest absolute Gasteiger partial charge is 0.481 e. The van der Waals surface area contributed by atoms with E-state index in [-0.39, 0.29) is 12.0 Å². The molecule has 0 saturated carbocycles. The first-order valence-electron chi connectivity index (χ1n) is 9.27. The summed E-state index contributed by atoms with van der Waals surface area (Å²) in [5.74, 6) is -0.715. The quantitative estimate of drug-likeness (QED) is 0.795. The van der Waals surface area contributed by atoms with Crippen LogP contribution in [-0.2, 0) is 17.6 Å². The summed E-state index contributed by atoms with van der Waals surface area (Å²) in [5.41, 5.74) is 5.45. The van der Waals surface area contributed by atoms with Crippen LogP contribution in [0.25, 0.3) is 0 Å². The number of benzene rings is 1. The van der Waals surface area contributed by atoms with Gasteiger partial charge in [-0.1, -0.05) is 0 Å². The Morgan fingerprint density at radius 2 is 1.88 bits per heavy atom. The highest BCUT2D eigenvalue weighted by atomic mass is 16.4. The Balaban J connectivity index is 1.69. The Kier molecular flexibility index (Phi) is 4.12. The van der Waals surface area contributed by atoms with E-state index in [1.807, 2.05) is 0 Å². The summed E-state index contributed by atoms with van der Waals surface area (Å²) in [5, 5.41) is 16.4. The smallest absolute Gasteiger partial charge is 0.305 e. The number of nitrogens with one attached hydrogen (secondary N) is 2. The maximum absolute atomic E-state index is 11.1. The number of fused-ring (bicyclic) bond motifs is 2. The number of anilines is 2. The minimum atomic E-state index is -0.715. The van der Waals surface area contributed by atoms with E-state index in [0.717, 1.165) is 38.9 Å². The number of carboxylic acid groups (broad SMARTS) is 1. The summed E-state index contributed by atoms with van der Waals surface area (Å²) in [4.78, 5) is 13.4. The maximum atomic E-state index is 11.1. The summed E-state index contributed by atoms with van der Waals surface area (Å²) in [7, 11) is 0. The summed E-state index contributed by atoms with van der Waals surface area (Å²) >= 11 is 0. The van der Waals surface area contributed by atoms with E-state index >= 15 is 0 Å². The zero-order chi connectivity index (χ0) is 16.6. The summed E-state index contributed by atoms with van der Waals surface area (Å²) < 4.78 is 0. The van der Waals surface area contributed by atoms with Crippen molar-refractivity contribution < 1.29 is 9.90 Å². The second-order valence-electron chi connectivity index (χ2n) is 7.57. The molecule has 2 heterocycles. The van der Waals surface area contributed by atoms with Gasteiger partial charge in [0.25, 0.3) is 0 Å². The van der Waals surface area contributed by atoms with Crippen LogP contribution in [0.5, 0.6) is 0 Å². The summed E-state index contributed by atoms with van der Waals surface area (Å²) in [6.45, 7) is 3.56. The van der Waals surface area contributed by atoms with E-state index in [1.165, 1.54) is 41.8 Å². The van der Waals surface area contributed by atoms with Crippen molar-refractivity contribution in [1.29, 1.82) is 0 Å². The minimum absolute atomic E-state index is 0.0830. The van der Waals surface area contributed by atoms with Crippen LogP contribution in [-0.4, -0.2) is 42.8 Å². The molecule has 0 radical (unpaired) electrons. The molecule has 3 aliphatic rings. The van der Waals surface area contributed by atoms with Gasteiger partial charge >= 0.3 is 5.97 Å². The molecule has 0 bridgehead atoms. The van der Waals surface area contributed by atoms with Gasteiger partial charge in [-0.3, -0.25) is 4.79 Å². The van der Waals surface area contributed by atoms with Gasteiger partial charge in [-0.15, -0.1) is 0 Å². The van der Waals surface area contributed by atoms with Gasteiger partial charge in [0.1, 0.15) is 0 Å². The highest BCUT2D eigenvalue weighted by molar-refractivity contribution is 5.77. The molecule has 0 aromatic heterocycles. The fourth-order valence-corrected chi connectivity index (χ4v) is 4.53. The van der Waals surface area contributed by atoms with Gasteiger partial charge in [0.15, 0.2) is 0 Å². The molecule has 0 unspecified atom stereocenters. The fraction of sp³-hybridized carbons (Fsp3) is 0.632. The second-order valence-corrected chi connectivity index (χ2v) is 7.57. The fourth-order valence-electron chi connectivity index (χ4n) is 4.53. The number of aliphatic carboxylic acids is 1. The zero-order valence-electron chi connectivity index (χ0n) is 14.2. The number of nitrogens with zero attached hydrogens (tertiary/aromatic N) is 1. The Hall–Kier alpha value is -1.75. The van der Waals surface area contributed by atoms with Crippen LogP contribution < -0.4 is 15.5 Å². The Bertz CT molecular complexity index is 638. The lowest BCUT2D eigenvalue weighted by Gasteiger charge is -2.48. The van der Waals surface area contributed by atoms with Crippen molar-refractivity contribution in [3.8, 4) is 0 Å². The highest BCUT2D eigenvalue weighted by Gasteiger charge is 2.38. The molecule has 24 heavy (non-hydrogen) atoms. The Morgan fingerprint density at radius 3 is 2.58 bits per heavy atom. The number of carbonyl (C=O) groups is 1. The molecule has 4 rings (SSSR count). The van der Waals surface area contributed by atoms with Crippen molar-refractivity contribution >= 4 is 17.3 Å². The lowest BCUT2D eigenvalue weighted by atomic mass is 9.83. The van der Waals surface area contributed by atoms with E-state index in [2.05, 4.69) is 27.7 Å². The van der Waals surface area contributed by atoms with Crippen molar-refractivity contribution in [3.05, 3.63) is 23.3 Å². The predicted molar refractivity (Wildman–Crippen MR) is 96.0 cm³/mol. The van der Waals surface area contributed by atoms with Crippen LogP contribution in [0.3, 0.4) is 0 Å². The van der Waals surface area contributed by atoms with Gasteiger partial charge in [0, 0.05) is 13.1 Å². The molecular formula is C19H27N3O2. The molecule has 0 amide bonds. The molecule has 0 atom stereocenters. The number of rotatable bonds is 3. The van der Waals surface area contributed by atoms with Crippen LogP contribution in [0.4, 0.5) is 11.4 Å². The number of hydrogen-bond acceptors (Lipinski definition) is 4. The topological polar surface area (TPSA) is 64.6 Å². The molecule has 1 fully saturated rings. The van der Waals surface area contributed by atoms with Crippen molar-refractivity contribution in [2.45, 2.75) is 50.5 Å². The molecular weight excluding hydrogens is 302 g/mol. The monoisotopic (exact) mass is 329 g/mol. The van der Waals surface area contributed by atoms with Gasteiger partial charge in [-0.05, 0) is 74.9 Å². The summed E-state index contributed by atoms with van der Waals surface area (Å²) in [6.07, 6.45) is 7.26. The third-order valence-electron chi connectivity index (χ3n) is 5.85. The lowest BCUT2D eigenvalue weighted by Crippen LogP contribution is -2.57. The molecule has 130 valence electrons. The van der Waals surface area contributed by atoms with Crippen LogP contribution >= 0.6 is 0 Å². The van der Waals surface area contributed by atoms with E-state index in [0.29, 0.717) is 6.54 Å². The number of carboxylic acids is 1. The molecule has 1 aliphatic carbocycles. The van der Waals surface area contributed by atoms with Gasteiger partial charge in [0.2, 0.25) is 0 Å². The maximum Gasteiger partial charge on any atom is 0.305 e. The van der Waals surface area contributed by atoms with E-state index in [4.69, 9.17) is 5.11 Å². The van der Waals surface area contributed by atoms with E-state index in [1.54, 1.807) is 0 Å². The van der Waals surface area contributed by atoms with Gasteiger partial charge < -0.3 is 20.6 Å². The van der Waals surface area contributed by atoms with E-state index < -0.39 is 5.97 Å². The Morgan fingerprint density at radius 1 is 1.17 bits per heavy atom. The van der Waals surface area contributed by atoms with Crippen LogP contribution in [0.2, 0.25) is 0 Å². The molecule has 2 aliphatic heterocycles. The first-order chi connectivity index (χ1) is 11.7. The zero-order valence-corrected chi connectivity index (χ0v) is 14.2. The third kappa shape index (κ3) is 2.97. The molecule has 1 aromatic rings. The van der Waals surface area contributed by atoms with Crippen molar-refractivity contribution in [2.75, 3.05) is 36.4 Å². The van der Waals surface area contributed by atoms with Gasteiger partial charge in [0.05, 0.1) is 23.3 Å². The van der Waals surface area contributed by atoms with Crippen molar-refractivity contribution in [3.63, 3.8) is 0 Å². The highest BCUT2D eigenvalue weighted by Crippen LogP contribution is 2.41. The first-order valence-corrected chi connectivity index (χ1v) is 9.27. The SMILES string of the molecule is O=C(O)CCN1CC2(CCNCC2)Nc2cc3c(cc21)CCCC3. The first kappa shape index (κ1) is 15.8. The van der Waals surface area contributed by atoms with Crippen LogP contribution in [0, 0.1) is 0 Å². The molecule has 3 N–H and O–H groups in total. The normalized spacial score (nSPS) is 21.8. The Labute approximate surface area is 143 Å². The molecule has 1 spiro atoms. The van der Waals surface area contributed by atoms with Gasteiger partial charge in [-0.25, -0.2) is 0 Å². The molecule has 1 aromatic carbocycles. The van der Waals surface area contributed by atoms with Crippen molar-refractivity contribution in [1.82, 2.24) is 5.32 Å². The van der Waals surface area contributed by atoms with Crippen LogP contribution in [0.15, 0.2) is 12.1 Å². The standard InChI is InChI=1S/C19H27N3O2/c23-18(24)5-10-22-13-19(6-8-20-9-7-19)21-16-11-14-3-1-2-4-15(14)12-17(16)22/h11-12,20-21H,1-10,13H2,(H,23,24). The minimum Gasteiger partial charge on any atom is -0.481 e. The number of aryl methyl sites for hydroxylation is 2. The third-order valence-corrected chi connectivity index (χ3v) is 5.85. The lowest BCUT2D eigenvalue weighted by molar-refractivity contribution is -0.136. The molecule has 1 saturated heterocycles. The predicted octanol–water partition coefficient (Wildman–Crippen LogP) is 2.39. The number of hydrogen-bond donors (Lipinski definition) is 3. The molecule has 5 heteroatoms. The second kappa shape index (κ2) is 6.28.